The highest BCUT2D eigenvalue weighted by Crippen LogP contribution is 2.45. The van der Waals surface area contributed by atoms with Crippen LogP contribution in [0.4, 0.5) is 11.4 Å². The summed E-state index contributed by atoms with van der Waals surface area (Å²) in [6, 6.07) is 21.4. The molecule has 2 aliphatic heterocycles. The smallest absolute Gasteiger partial charge is 0.305 e. The van der Waals surface area contributed by atoms with E-state index >= 15 is 0 Å². The maximum Gasteiger partial charge on any atom is 0.305 e. The molecule has 0 aliphatic carbocycles. The first kappa shape index (κ1) is 50.6. The van der Waals surface area contributed by atoms with Gasteiger partial charge in [0.2, 0.25) is 0 Å². The minimum Gasteiger partial charge on any atom is -0.495 e. The van der Waals surface area contributed by atoms with Crippen LogP contribution in [0, 0.1) is 0 Å². The van der Waals surface area contributed by atoms with Crippen LogP contribution in [0.2, 0.25) is 0 Å². The molecule has 0 radical (unpaired) electrons. The van der Waals surface area contributed by atoms with Crippen LogP contribution in [0.1, 0.15) is 77.6 Å². The molecule has 0 spiro atoms. The van der Waals surface area contributed by atoms with Crippen molar-refractivity contribution in [2.45, 2.75) is 69.9 Å². The molecule has 0 saturated heterocycles. The van der Waals surface area contributed by atoms with E-state index in [1.54, 1.807) is 42.7 Å². The standard InChI is InChI=1S/C53H74N4O10/c1-54-42-18-16-36(30-46(42)60-5)28-44-40-34-50(64-9)48(62-7)32-38(40)20-24-56(44,3)22-12-26-66-52(58)14-11-15-53(59)67-27-13-23-57(4)25-21-39-33-49(63-8)51(65-10)35-41(39)45(57)29-37-17-19-43(55-2)47(31-37)61-6/h16-19,30-35,44-45,54-55H,11-15,20-29H2,1-10H3/q+2. The number of quaternary nitrogens is 2. The molecule has 2 heterocycles. The summed E-state index contributed by atoms with van der Waals surface area (Å²) < 4.78 is 47.2. The number of carbonyl (C=O) groups is 2. The van der Waals surface area contributed by atoms with Crippen LogP contribution in [-0.2, 0) is 44.7 Å². The maximum atomic E-state index is 12.9. The van der Waals surface area contributed by atoms with Crippen molar-refractivity contribution in [1.82, 2.24) is 0 Å². The Hall–Kier alpha value is -5.86. The highest BCUT2D eigenvalue weighted by Gasteiger charge is 2.41. The molecule has 67 heavy (non-hydrogen) atoms. The lowest BCUT2D eigenvalue weighted by Gasteiger charge is -2.46. The molecule has 4 aromatic rings. The molecular weight excluding hydrogens is 853 g/mol. The molecule has 4 unspecified atom stereocenters. The second-order valence-corrected chi connectivity index (χ2v) is 18.2. The van der Waals surface area contributed by atoms with Crippen LogP contribution in [0.3, 0.4) is 0 Å². The minimum atomic E-state index is -0.300. The Morgan fingerprint density at radius 3 is 1.25 bits per heavy atom. The van der Waals surface area contributed by atoms with Gasteiger partial charge in [-0.2, -0.15) is 0 Å². The SMILES string of the molecule is CNc1ccc(CC2c3cc(OC)c(OC)cc3CC[N+]2(C)CCCOC(=O)CCCC(=O)OCCC[N+]2(C)CCc3cc(OC)c(OC)cc3C2Cc2ccc(NC)c(OC)c2)cc1OC. The normalized spacial score (nSPS) is 19.6. The lowest BCUT2D eigenvalue weighted by atomic mass is 9.86. The van der Waals surface area contributed by atoms with Gasteiger partial charge >= 0.3 is 11.9 Å². The van der Waals surface area contributed by atoms with Gasteiger partial charge in [-0.15, -0.1) is 0 Å². The summed E-state index contributed by atoms with van der Waals surface area (Å²) in [5.41, 5.74) is 9.20. The van der Waals surface area contributed by atoms with Crippen molar-refractivity contribution in [3.63, 3.8) is 0 Å². The average molecular weight is 927 g/mol. The van der Waals surface area contributed by atoms with Crippen LogP contribution >= 0.6 is 0 Å². The number of carbonyl (C=O) groups excluding carboxylic acids is 2. The second-order valence-electron chi connectivity index (χ2n) is 18.2. The summed E-state index contributed by atoms with van der Waals surface area (Å²) in [7, 11) is 18.4. The number of esters is 2. The summed E-state index contributed by atoms with van der Waals surface area (Å²) in [5, 5.41) is 6.41. The largest absolute Gasteiger partial charge is 0.495 e. The Balaban J connectivity index is 0.989. The van der Waals surface area contributed by atoms with E-state index in [0.717, 1.165) is 95.2 Å². The van der Waals surface area contributed by atoms with Crippen LogP contribution in [0.25, 0.3) is 0 Å². The fourth-order valence-electron chi connectivity index (χ4n) is 10.2. The van der Waals surface area contributed by atoms with E-state index in [2.05, 4.69) is 85.4 Å². The molecule has 4 atom stereocenters. The number of hydrogen-bond donors (Lipinski definition) is 2. The summed E-state index contributed by atoms with van der Waals surface area (Å²) in [6.45, 7) is 4.10. The van der Waals surface area contributed by atoms with Crippen molar-refractivity contribution in [2.75, 3.05) is 121 Å². The average Bonchev–Trinajstić information content (AvgIpc) is 3.35. The zero-order chi connectivity index (χ0) is 48.1. The Morgan fingerprint density at radius 2 is 0.896 bits per heavy atom. The molecule has 6 rings (SSSR count). The fourth-order valence-corrected chi connectivity index (χ4v) is 10.2. The molecule has 0 bridgehead atoms. The number of nitrogens with zero attached hydrogens (tertiary/aromatic N) is 2. The molecule has 4 aromatic carbocycles. The highest BCUT2D eigenvalue weighted by atomic mass is 16.5. The Kier molecular flexibility index (Phi) is 17.5. The first-order valence-electron chi connectivity index (χ1n) is 23.5. The third-order valence-electron chi connectivity index (χ3n) is 14.1. The summed E-state index contributed by atoms with van der Waals surface area (Å²) >= 11 is 0. The van der Waals surface area contributed by atoms with Crippen LogP contribution in [0.5, 0.6) is 34.5 Å². The third kappa shape index (κ3) is 12.0. The molecule has 2 aliphatic rings. The Morgan fingerprint density at radius 1 is 0.522 bits per heavy atom. The van der Waals surface area contributed by atoms with Crippen LogP contribution < -0.4 is 39.1 Å². The van der Waals surface area contributed by atoms with Crippen molar-refractivity contribution in [3.8, 4) is 34.5 Å². The predicted molar refractivity (Wildman–Crippen MR) is 261 cm³/mol. The summed E-state index contributed by atoms with van der Waals surface area (Å²) in [4.78, 5) is 25.8. The van der Waals surface area contributed by atoms with E-state index in [0.29, 0.717) is 44.0 Å². The van der Waals surface area contributed by atoms with Gasteiger partial charge in [-0.3, -0.25) is 9.59 Å². The van der Waals surface area contributed by atoms with E-state index in [9.17, 15) is 9.59 Å². The number of likely N-dealkylation sites (N-methyl/N-ethyl adjacent to an activating group) is 2. The molecule has 0 aromatic heterocycles. The van der Waals surface area contributed by atoms with Gasteiger partial charge in [0.15, 0.2) is 23.0 Å². The van der Waals surface area contributed by atoms with E-state index in [1.165, 1.54) is 33.4 Å². The van der Waals surface area contributed by atoms with Gasteiger partial charge in [-0.05, 0) is 77.2 Å². The number of rotatable bonds is 24. The lowest BCUT2D eigenvalue weighted by Crippen LogP contribution is -2.52. The lowest BCUT2D eigenvalue weighted by molar-refractivity contribution is -0.941. The van der Waals surface area contributed by atoms with E-state index in [4.69, 9.17) is 37.9 Å². The van der Waals surface area contributed by atoms with Gasteiger partial charge < -0.3 is 57.5 Å². The molecule has 364 valence electrons. The monoisotopic (exact) mass is 927 g/mol. The first-order chi connectivity index (χ1) is 32.4. The van der Waals surface area contributed by atoms with Crippen molar-refractivity contribution in [2.24, 2.45) is 0 Å². The zero-order valence-electron chi connectivity index (χ0n) is 41.5. The number of methoxy groups -OCH3 is 6. The molecule has 0 amide bonds. The Labute approximate surface area is 397 Å². The van der Waals surface area contributed by atoms with Crippen molar-refractivity contribution < 1.29 is 56.5 Å². The van der Waals surface area contributed by atoms with Crippen molar-refractivity contribution >= 4 is 23.3 Å². The number of hydrogen-bond acceptors (Lipinski definition) is 12. The van der Waals surface area contributed by atoms with Crippen molar-refractivity contribution in [3.05, 3.63) is 94.0 Å². The topological polar surface area (TPSA) is 132 Å². The fraction of sp³-hybridized carbons (Fsp3) is 0.509. The van der Waals surface area contributed by atoms with Gasteiger partial charge in [0, 0.05) is 76.6 Å². The van der Waals surface area contributed by atoms with E-state index in [-0.39, 0.29) is 36.9 Å². The third-order valence-corrected chi connectivity index (χ3v) is 14.1. The second kappa shape index (κ2) is 23.2. The number of benzene rings is 4. The first-order valence-corrected chi connectivity index (χ1v) is 23.5. The van der Waals surface area contributed by atoms with Crippen molar-refractivity contribution in [1.29, 1.82) is 0 Å². The van der Waals surface area contributed by atoms with Gasteiger partial charge in [0.25, 0.3) is 0 Å². The number of nitrogens with one attached hydrogen (secondary N) is 2. The maximum absolute atomic E-state index is 12.9. The Bertz CT molecular complexity index is 2160. The molecule has 0 saturated carbocycles. The number of ether oxygens (including phenoxy) is 8. The quantitative estimate of drug-likeness (QED) is 0.0400. The van der Waals surface area contributed by atoms with Crippen LogP contribution in [0.15, 0.2) is 60.7 Å². The van der Waals surface area contributed by atoms with Gasteiger partial charge in [-0.25, -0.2) is 0 Å². The van der Waals surface area contributed by atoms with E-state index < -0.39 is 0 Å². The number of fused-ring (bicyclic) bond motifs is 2. The molecule has 14 heteroatoms. The molecular formula is C53H74N4O10+2. The molecule has 14 nitrogen and oxygen atoms in total. The van der Waals surface area contributed by atoms with Crippen LogP contribution in [-0.4, -0.2) is 131 Å². The predicted octanol–water partition coefficient (Wildman–Crippen LogP) is 8.13. The van der Waals surface area contributed by atoms with Gasteiger partial charge in [-0.1, -0.05) is 12.1 Å². The summed E-state index contributed by atoms with van der Waals surface area (Å²) in [6.07, 6.45) is 5.46. The molecule has 2 N–H and O–H groups in total. The minimum absolute atomic E-state index is 0.123. The molecule has 0 fully saturated rings. The number of anilines is 2. The zero-order valence-corrected chi connectivity index (χ0v) is 41.5. The van der Waals surface area contributed by atoms with Gasteiger partial charge in [0.05, 0.1) is 108 Å². The van der Waals surface area contributed by atoms with E-state index in [1.807, 2.05) is 14.1 Å². The highest BCUT2D eigenvalue weighted by molar-refractivity contribution is 5.72. The summed E-state index contributed by atoms with van der Waals surface area (Å²) in [5.74, 6) is 3.89. The van der Waals surface area contributed by atoms with Gasteiger partial charge in [0.1, 0.15) is 23.6 Å².